The van der Waals surface area contributed by atoms with Crippen LogP contribution in [-0.2, 0) is 0 Å². The topological polar surface area (TPSA) is 47.6 Å². The van der Waals surface area contributed by atoms with E-state index in [9.17, 15) is 0 Å². The van der Waals surface area contributed by atoms with Gasteiger partial charge < -0.3 is 5.73 Å². The molecule has 0 amide bonds. The van der Waals surface area contributed by atoms with Gasteiger partial charge in [0.1, 0.15) is 0 Å². The molecule has 0 rings (SSSR count). The number of nitriles is 1. The third-order valence-electron chi connectivity index (χ3n) is 0.620. The van der Waals surface area contributed by atoms with Crippen LogP contribution < -0.4 is 18.9 Å². The first-order valence-electron chi connectivity index (χ1n) is 2.11. The van der Waals surface area contributed by atoms with Crippen molar-refractivity contribution < 1.29 is 18.9 Å². The molecule has 0 saturated heterocycles. The second kappa shape index (κ2) is 6.63. The molecule has 0 spiro atoms. The molecule has 0 fully saturated rings. The van der Waals surface area contributed by atoms with E-state index < -0.39 is 0 Å². The van der Waals surface area contributed by atoms with Crippen LogP contribution in [0.4, 0.5) is 0 Å². The van der Waals surface area contributed by atoms with E-state index in [1.54, 1.807) is 6.07 Å². The fraction of sp³-hybridized carbons (Fsp3) is 0.400. The molecule has 8 heavy (non-hydrogen) atoms. The molecule has 2 nitrogen and oxygen atoms in total. The van der Waals surface area contributed by atoms with Crippen LogP contribution in [0.1, 0.15) is 13.3 Å². The SMILES string of the molecule is CC/C([NH-])=C\C#N.[Li+]. The average Bonchev–Trinajstić information content (AvgIpc) is 1.68. The summed E-state index contributed by atoms with van der Waals surface area (Å²) in [6.45, 7) is 1.84. The number of nitrogens with one attached hydrogen (secondary N) is 1. The third kappa shape index (κ3) is 5.63. The maximum Gasteiger partial charge on any atom is 1.00 e. The van der Waals surface area contributed by atoms with Gasteiger partial charge >= 0.3 is 18.9 Å². The van der Waals surface area contributed by atoms with E-state index in [2.05, 4.69) is 0 Å². The van der Waals surface area contributed by atoms with E-state index >= 15 is 0 Å². The van der Waals surface area contributed by atoms with Crippen molar-refractivity contribution in [1.82, 2.24) is 0 Å². The zero-order valence-corrected chi connectivity index (χ0v) is 5.23. The first-order valence-corrected chi connectivity index (χ1v) is 2.11. The molecule has 0 aromatic rings. The summed E-state index contributed by atoms with van der Waals surface area (Å²) >= 11 is 0. The molecule has 0 aliphatic heterocycles. The Balaban J connectivity index is 0. The van der Waals surface area contributed by atoms with Gasteiger partial charge in [-0.25, -0.2) is 0 Å². The van der Waals surface area contributed by atoms with Crippen LogP contribution in [0.25, 0.3) is 5.73 Å². The second-order valence-corrected chi connectivity index (χ2v) is 1.15. The van der Waals surface area contributed by atoms with Crippen molar-refractivity contribution in [3.8, 4) is 6.07 Å². The molecule has 3 heteroatoms. The van der Waals surface area contributed by atoms with Crippen molar-refractivity contribution >= 4 is 0 Å². The Morgan fingerprint density at radius 3 is 2.50 bits per heavy atom. The minimum atomic E-state index is 0. The van der Waals surface area contributed by atoms with Crippen LogP contribution >= 0.6 is 0 Å². The maximum atomic E-state index is 7.92. The van der Waals surface area contributed by atoms with Gasteiger partial charge in [0.15, 0.2) is 0 Å². The van der Waals surface area contributed by atoms with E-state index in [-0.39, 0.29) is 18.9 Å². The van der Waals surface area contributed by atoms with Gasteiger partial charge in [-0.05, 0) is 6.08 Å². The van der Waals surface area contributed by atoms with Gasteiger partial charge in [0.25, 0.3) is 0 Å². The molecule has 0 bridgehead atoms. The second-order valence-electron chi connectivity index (χ2n) is 1.15. The van der Waals surface area contributed by atoms with Crippen LogP contribution in [0.2, 0.25) is 0 Å². The fourth-order valence-corrected chi connectivity index (χ4v) is 0.180. The Kier molecular flexibility index (Phi) is 8.76. The van der Waals surface area contributed by atoms with Gasteiger partial charge in [0.05, 0.1) is 6.07 Å². The first kappa shape index (κ1) is 10.6. The standard InChI is InChI=1S/C5H7N2.Li/c1-2-5(7)3-4-6;/h3,7H,2H2,1H3;/q-1;+1/b5-3+;. The Hall–Kier alpha value is -0.373. The van der Waals surface area contributed by atoms with Crippen LogP contribution in [-0.4, -0.2) is 0 Å². The molecular formula is C5H7LiN2. The molecule has 0 aromatic carbocycles. The quantitative estimate of drug-likeness (QED) is 0.305. The minimum Gasteiger partial charge on any atom is -0.702 e. The fourth-order valence-electron chi connectivity index (χ4n) is 0.180. The van der Waals surface area contributed by atoms with Gasteiger partial charge in [-0.3, -0.25) is 0 Å². The van der Waals surface area contributed by atoms with E-state index in [0.717, 1.165) is 0 Å². The van der Waals surface area contributed by atoms with Gasteiger partial charge in [0.2, 0.25) is 0 Å². The summed E-state index contributed by atoms with van der Waals surface area (Å²) in [6, 6.07) is 1.77. The summed E-state index contributed by atoms with van der Waals surface area (Å²) in [4.78, 5) is 0. The summed E-state index contributed by atoms with van der Waals surface area (Å²) in [5.74, 6) is 0. The number of rotatable bonds is 1. The maximum absolute atomic E-state index is 7.92. The van der Waals surface area contributed by atoms with Crippen molar-refractivity contribution in [2.24, 2.45) is 0 Å². The van der Waals surface area contributed by atoms with E-state index in [1.807, 2.05) is 6.92 Å². The molecule has 1 N–H and O–H groups in total. The van der Waals surface area contributed by atoms with E-state index in [4.69, 9.17) is 11.0 Å². The summed E-state index contributed by atoms with van der Waals surface area (Å²) in [5, 5.41) is 7.92. The Labute approximate surface area is 61.5 Å². The summed E-state index contributed by atoms with van der Waals surface area (Å²) in [6.07, 6.45) is 1.88. The van der Waals surface area contributed by atoms with Crippen molar-refractivity contribution in [3.05, 3.63) is 17.5 Å². The molecule has 0 atom stereocenters. The normalized spacial score (nSPS) is 9.25. The zero-order chi connectivity index (χ0) is 5.70. The van der Waals surface area contributed by atoms with Crippen molar-refractivity contribution in [3.63, 3.8) is 0 Å². The van der Waals surface area contributed by atoms with Gasteiger partial charge in [-0.15, -0.1) is 0 Å². The number of allylic oxidation sites excluding steroid dienone is 2. The Morgan fingerprint density at radius 1 is 1.88 bits per heavy atom. The number of hydrogen-bond acceptors (Lipinski definition) is 1. The predicted octanol–water partition coefficient (Wildman–Crippen LogP) is -1.14. The average molecular weight is 102 g/mol. The van der Waals surface area contributed by atoms with Gasteiger partial charge in [-0.1, -0.05) is 13.3 Å². The summed E-state index contributed by atoms with van der Waals surface area (Å²) in [5.41, 5.74) is 7.25. The predicted molar refractivity (Wildman–Crippen MR) is 28.3 cm³/mol. The largest absolute Gasteiger partial charge is 1.00 e. The number of hydrogen-bond donors (Lipinski definition) is 0. The van der Waals surface area contributed by atoms with E-state index in [0.29, 0.717) is 12.1 Å². The third-order valence-corrected chi connectivity index (χ3v) is 0.620. The first-order chi connectivity index (χ1) is 3.31. The Bertz CT molecular complexity index is 112. The minimum absolute atomic E-state index is 0. The van der Waals surface area contributed by atoms with Gasteiger partial charge in [-0.2, -0.15) is 11.0 Å². The van der Waals surface area contributed by atoms with E-state index in [1.165, 1.54) is 6.08 Å². The summed E-state index contributed by atoms with van der Waals surface area (Å²) < 4.78 is 0. The monoisotopic (exact) mass is 102 g/mol. The molecule has 0 aliphatic carbocycles. The Morgan fingerprint density at radius 2 is 2.38 bits per heavy atom. The van der Waals surface area contributed by atoms with Crippen LogP contribution in [0.3, 0.4) is 0 Å². The van der Waals surface area contributed by atoms with Crippen LogP contribution in [0.5, 0.6) is 0 Å². The molecule has 0 heterocycles. The van der Waals surface area contributed by atoms with Crippen molar-refractivity contribution in [1.29, 1.82) is 5.26 Å². The molecule has 0 radical (unpaired) electrons. The zero-order valence-electron chi connectivity index (χ0n) is 5.23. The number of nitrogens with zero attached hydrogens (tertiary/aromatic N) is 1. The van der Waals surface area contributed by atoms with Crippen molar-refractivity contribution in [2.45, 2.75) is 13.3 Å². The molecule has 0 aromatic heterocycles. The molecule has 0 aliphatic rings. The molecule has 38 valence electrons. The van der Waals surface area contributed by atoms with Crippen LogP contribution in [0.15, 0.2) is 11.8 Å². The van der Waals surface area contributed by atoms with Gasteiger partial charge in [0, 0.05) is 0 Å². The molecule has 0 saturated carbocycles. The van der Waals surface area contributed by atoms with Crippen LogP contribution in [0, 0.1) is 11.3 Å². The molecular weight excluding hydrogens is 95.0 g/mol. The summed E-state index contributed by atoms with van der Waals surface area (Å²) in [7, 11) is 0. The smallest absolute Gasteiger partial charge is 0.702 e. The van der Waals surface area contributed by atoms with Crippen molar-refractivity contribution in [2.75, 3.05) is 0 Å². The molecule has 0 unspecified atom stereocenters.